The second kappa shape index (κ2) is 3.84. The molecular weight excluding hydrogens is 214 g/mol. The van der Waals surface area contributed by atoms with E-state index in [1.165, 1.54) is 0 Å². The number of fused-ring (bicyclic) bond motifs is 3. The molecule has 0 spiro atoms. The first-order valence-electron chi connectivity index (χ1n) is 6.20. The van der Waals surface area contributed by atoms with Gasteiger partial charge in [-0.2, -0.15) is 0 Å². The number of phenolic OH excluding ortho intramolecular Hbond substituents is 1. The van der Waals surface area contributed by atoms with Crippen LogP contribution in [0.15, 0.2) is 18.2 Å². The Bertz CT molecular complexity index is 469. The van der Waals surface area contributed by atoms with Crippen molar-refractivity contribution in [2.24, 2.45) is 5.92 Å². The molecule has 2 aliphatic rings. The van der Waals surface area contributed by atoms with Crippen LogP contribution >= 0.6 is 0 Å². The van der Waals surface area contributed by atoms with E-state index >= 15 is 0 Å². The number of likely N-dealkylation sites (tertiary alicyclic amines) is 1. The number of rotatable bonds is 0. The van der Waals surface area contributed by atoms with Crippen molar-refractivity contribution in [3.63, 3.8) is 0 Å². The molecule has 90 valence electrons. The summed E-state index contributed by atoms with van der Waals surface area (Å²) in [5.74, 6) is 1.14. The summed E-state index contributed by atoms with van der Waals surface area (Å²) in [4.78, 5) is 14.4. The largest absolute Gasteiger partial charge is 0.507 e. The minimum Gasteiger partial charge on any atom is -0.507 e. The van der Waals surface area contributed by atoms with Gasteiger partial charge < -0.3 is 10.0 Å². The van der Waals surface area contributed by atoms with Crippen molar-refractivity contribution in [1.82, 2.24) is 4.90 Å². The molecule has 3 rings (SSSR count). The summed E-state index contributed by atoms with van der Waals surface area (Å²) < 4.78 is 0. The monoisotopic (exact) mass is 231 g/mol. The van der Waals surface area contributed by atoms with Crippen molar-refractivity contribution >= 4 is 5.78 Å². The van der Waals surface area contributed by atoms with Crippen molar-refractivity contribution in [1.29, 1.82) is 0 Å². The van der Waals surface area contributed by atoms with Crippen LogP contribution in [0.2, 0.25) is 0 Å². The second-order valence-electron chi connectivity index (χ2n) is 5.29. The van der Waals surface area contributed by atoms with Gasteiger partial charge in [-0.15, -0.1) is 0 Å². The summed E-state index contributed by atoms with van der Waals surface area (Å²) in [5, 5.41) is 9.85. The normalized spacial score (nSPS) is 28.6. The van der Waals surface area contributed by atoms with Crippen LogP contribution in [0.25, 0.3) is 0 Å². The van der Waals surface area contributed by atoms with Crippen LogP contribution in [-0.4, -0.2) is 35.9 Å². The standard InChI is InChI=1S/C14H17NO2/c1-15-6-5-9-7-13(17)14-10(11(9)8-15)3-2-4-12(14)16/h2-4,9,11,16H,5-8H2,1H3/t9-,11+/m0/s1. The number of benzene rings is 1. The molecule has 2 atom stereocenters. The highest BCUT2D eigenvalue weighted by molar-refractivity contribution is 6.01. The fraction of sp³-hybridized carbons (Fsp3) is 0.500. The number of hydrogen-bond acceptors (Lipinski definition) is 3. The number of likely N-dealkylation sites (N-methyl/N-ethyl adjacent to an activating group) is 1. The molecule has 0 aromatic heterocycles. The van der Waals surface area contributed by atoms with Gasteiger partial charge in [0.1, 0.15) is 5.75 Å². The Balaban J connectivity index is 2.08. The number of phenols is 1. The number of Topliss-reactive ketones (excluding diaryl/α,β-unsaturated/α-hetero) is 1. The Morgan fingerprint density at radius 2 is 2.24 bits per heavy atom. The summed E-state index contributed by atoms with van der Waals surface area (Å²) >= 11 is 0. The molecule has 0 radical (unpaired) electrons. The topological polar surface area (TPSA) is 40.5 Å². The van der Waals surface area contributed by atoms with E-state index in [0.29, 0.717) is 23.8 Å². The maximum Gasteiger partial charge on any atom is 0.167 e. The molecule has 1 fully saturated rings. The third kappa shape index (κ3) is 1.65. The van der Waals surface area contributed by atoms with E-state index in [2.05, 4.69) is 11.9 Å². The lowest BCUT2D eigenvalue weighted by atomic mass is 9.71. The molecule has 0 amide bonds. The van der Waals surface area contributed by atoms with Gasteiger partial charge in [-0.25, -0.2) is 0 Å². The second-order valence-corrected chi connectivity index (χ2v) is 5.29. The zero-order valence-electron chi connectivity index (χ0n) is 10.0. The minimum atomic E-state index is 0.115. The van der Waals surface area contributed by atoms with E-state index in [-0.39, 0.29) is 11.5 Å². The van der Waals surface area contributed by atoms with Crippen molar-refractivity contribution < 1.29 is 9.90 Å². The molecule has 3 nitrogen and oxygen atoms in total. The maximum absolute atomic E-state index is 12.1. The Kier molecular flexibility index (Phi) is 2.44. The molecule has 0 unspecified atom stereocenters. The molecule has 17 heavy (non-hydrogen) atoms. The van der Waals surface area contributed by atoms with Gasteiger partial charge in [-0.1, -0.05) is 12.1 Å². The Morgan fingerprint density at radius 1 is 1.41 bits per heavy atom. The highest BCUT2D eigenvalue weighted by Gasteiger charge is 2.38. The smallest absolute Gasteiger partial charge is 0.167 e. The number of nitrogens with zero attached hydrogens (tertiary/aromatic N) is 1. The minimum absolute atomic E-state index is 0.115. The van der Waals surface area contributed by atoms with E-state index < -0.39 is 0 Å². The van der Waals surface area contributed by atoms with Crippen LogP contribution < -0.4 is 0 Å². The van der Waals surface area contributed by atoms with E-state index in [1.807, 2.05) is 12.1 Å². The lowest BCUT2D eigenvalue weighted by molar-refractivity contribution is 0.0883. The molecule has 1 saturated heterocycles. The highest BCUT2D eigenvalue weighted by atomic mass is 16.3. The zero-order valence-corrected chi connectivity index (χ0v) is 10.0. The van der Waals surface area contributed by atoms with E-state index in [1.54, 1.807) is 6.07 Å². The quantitative estimate of drug-likeness (QED) is 0.742. The summed E-state index contributed by atoms with van der Waals surface area (Å²) in [5.41, 5.74) is 1.63. The fourth-order valence-electron chi connectivity index (χ4n) is 3.27. The number of ketones is 1. The Hall–Kier alpha value is -1.35. The van der Waals surface area contributed by atoms with Gasteiger partial charge >= 0.3 is 0 Å². The third-order valence-corrected chi connectivity index (χ3v) is 4.16. The fourth-order valence-corrected chi connectivity index (χ4v) is 3.27. The average molecular weight is 231 g/mol. The Morgan fingerprint density at radius 3 is 3.06 bits per heavy atom. The van der Waals surface area contributed by atoms with E-state index in [9.17, 15) is 9.90 Å². The molecule has 1 aliphatic heterocycles. The summed E-state index contributed by atoms with van der Waals surface area (Å²) in [6.45, 7) is 2.07. The zero-order chi connectivity index (χ0) is 12.0. The first-order chi connectivity index (χ1) is 8.16. The van der Waals surface area contributed by atoms with Gasteiger partial charge in [0.15, 0.2) is 5.78 Å². The van der Waals surface area contributed by atoms with Crippen LogP contribution in [0.5, 0.6) is 5.75 Å². The summed E-state index contributed by atoms with van der Waals surface area (Å²) in [6, 6.07) is 5.46. The predicted molar refractivity (Wildman–Crippen MR) is 65.4 cm³/mol. The van der Waals surface area contributed by atoms with Gasteiger partial charge in [0.05, 0.1) is 5.56 Å². The number of hydrogen-bond donors (Lipinski definition) is 1. The average Bonchev–Trinajstić information content (AvgIpc) is 2.30. The van der Waals surface area contributed by atoms with Crippen LogP contribution in [0.3, 0.4) is 0 Å². The van der Waals surface area contributed by atoms with E-state index in [0.717, 1.165) is 25.1 Å². The molecule has 1 aromatic carbocycles. The van der Waals surface area contributed by atoms with Crippen LogP contribution in [0.1, 0.15) is 34.7 Å². The molecule has 0 bridgehead atoms. The predicted octanol–water partition coefficient (Wildman–Crippen LogP) is 2.01. The highest BCUT2D eigenvalue weighted by Crippen LogP contribution is 2.43. The molecule has 1 aromatic rings. The van der Waals surface area contributed by atoms with Crippen molar-refractivity contribution in [2.45, 2.75) is 18.8 Å². The lowest BCUT2D eigenvalue weighted by Crippen LogP contribution is -2.40. The van der Waals surface area contributed by atoms with Crippen molar-refractivity contribution in [3.05, 3.63) is 29.3 Å². The molecule has 1 N–H and O–H groups in total. The SMILES string of the molecule is CN1CC[C@H]2CC(=O)c3c(O)cccc3[C@@H]2C1. The number of aromatic hydroxyl groups is 1. The van der Waals surface area contributed by atoms with Gasteiger partial charge in [-0.3, -0.25) is 4.79 Å². The van der Waals surface area contributed by atoms with Crippen molar-refractivity contribution in [3.8, 4) is 5.75 Å². The first kappa shape index (κ1) is 10.8. The number of carbonyl (C=O) groups excluding carboxylic acids is 1. The van der Waals surface area contributed by atoms with Crippen LogP contribution in [0.4, 0.5) is 0 Å². The maximum atomic E-state index is 12.1. The van der Waals surface area contributed by atoms with Crippen LogP contribution in [0, 0.1) is 5.92 Å². The third-order valence-electron chi connectivity index (χ3n) is 4.16. The lowest BCUT2D eigenvalue weighted by Gasteiger charge is -2.40. The molecule has 1 heterocycles. The van der Waals surface area contributed by atoms with Gasteiger partial charge in [0, 0.05) is 18.9 Å². The summed E-state index contributed by atoms with van der Waals surface area (Å²) in [6.07, 6.45) is 1.69. The molecule has 0 saturated carbocycles. The Labute approximate surface area is 101 Å². The molecular formula is C14H17NO2. The van der Waals surface area contributed by atoms with Crippen molar-refractivity contribution in [2.75, 3.05) is 20.1 Å². The number of piperidine rings is 1. The molecule has 3 heteroatoms. The first-order valence-corrected chi connectivity index (χ1v) is 6.20. The van der Waals surface area contributed by atoms with E-state index in [4.69, 9.17) is 0 Å². The molecule has 1 aliphatic carbocycles. The van der Waals surface area contributed by atoms with Gasteiger partial charge in [0.2, 0.25) is 0 Å². The van der Waals surface area contributed by atoms with Gasteiger partial charge in [-0.05, 0) is 37.6 Å². The van der Waals surface area contributed by atoms with Crippen LogP contribution in [-0.2, 0) is 0 Å². The summed E-state index contributed by atoms with van der Waals surface area (Å²) in [7, 11) is 2.12. The number of carbonyl (C=O) groups is 1. The van der Waals surface area contributed by atoms with Gasteiger partial charge in [0.25, 0.3) is 0 Å².